The third-order valence-corrected chi connectivity index (χ3v) is 8.62. The van der Waals surface area contributed by atoms with Gasteiger partial charge in [0.2, 0.25) is 0 Å². The molecule has 1 aromatic heterocycles. The van der Waals surface area contributed by atoms with Gasteiger partial charge in [0.15, 0.2) is 0 Å². The van der Waals surface area contributed by atoms with Crippen LogP contribution in [0.2, 0.25) is 0 Å². The van der Waals surface area contributed by atoms with Crippen LogP contribution in [0.3, 0.4) is 0 Å². The quantitative estimate of drug-likeness (QED) is 0.209. The van der Waals surface area contributed by atoms with E-state index in [9.17, 15) is 0 Å². The van der Waals surface area contributed by atoms with Gasteiger partial charge in [-0.2, -0.15) is 0 Å². The van der Waals surface area contributed by atoms with E-state index in [0.717, 1.165) is 27.7 Å². The molecule has 0 aliphatic carbocycles. The van der Waals surface area contributed by atoms with Gasteiger partial charge in [-0.05, 0) is 74.5 Å². The van der Waals surface area contributed by atoms with Gasteiger partial charge >= 0.3 is 0 Å². The van der Waals surface area contributed by atoms with Crippen molar-refractivity contribution in [3.63, 3.8) is 0 Å². The van der Waals surface area contributed by atoms with Crippen LogP contribution in [-0.4, -0.2) is 6.10 Å². The van der Waals surface area contributed by atoms with Crippen LogP contribution < -0.4 is 4.74 Å². The summed E-state index contributed by atoms with van der Waals surface area (Å²) in [6, 6.07) is 41.7. The molecule has 0 bridgehead atoms. The van der Waals surface area contributed by atoms with E-state index >= 15 is 0 Å². The van der Waals surface area contributed by atoms with Crippen molar-refractivity contribution >= 4 is 86.6 Å². The van der Waals surface area contributed by atoms with E-state index in [1.807, 2.05) is 0 Å². The van der Waals surface area contributed by atoms with Gasteiger partial charge < -0.3 is 9.15 Å². The topological polar surface area (TPSA) is 22.4 Å². The van der Waals surface area contributed by atoms with Gasteiger partial charge in [0.1, 0.15) is 16.9 Å². The van der Waals surface area contributed by atoms with Crippen LogP contribution >= 0.6 is 0 Å². The molecule has 0 radical (unpaired) electrons. The lowest BCUT2D eigenvalue weighted by atomic mass is 9.90. The summed E-state index contributed by atoms with van der Waals surface area (Å²) in [4.78, 5) is 0. The van der Waals surface area contributed by atoms with Crippen LogP contribution in [0.25, 0.3) is 86.6 Å². The third-order valence-electron chi connectivity index (χ3n) is 8.62. The normalized spacial score (nSPS) is 12.4. The predicted octanol–water partition coefficient (Wildman–Crippen LogP) is 11.3. The third kappa shape index (κ3) is 3.13. The van der Waals surface area contributed by atoms with Crippen molar-refractivity contribution < 1.29 is 9.15 Å². The summed E-state index contributed by atoms with van der Waals surface area (Å²) in [5, 5.41) is 17.0. The Hall–Kier alpha value is -5.08. The van der Waals surface area contributed by atoms with E-state index < -0.39 is 0 Å². The Kier molecular flexibility index (Phi) is 4.55. The largest absolute Gasteiger partial charge is 0.490 e. The molecule has 8 aromatic carbocycles. The average molecular weight is 527 g/mol. The molecule has 0 saturated carbocycles. The van der Waals surface area contributed by atoms with E-state index in [2.05, 4.69) is 129 Å². The van der Waals surface area contributed by atoms with Crippen LogP contribution in [-0.2, 0) is 0 Å². The number of ether oxygens (including phenoxy) is 1. The number of rotatable bonds is 2. The number of fused-ring (bicyclic) bond motifs is 15. The van der Waals surface area contributed by atoms with E-state index in [0.29, 0.717) is 0 Å². The molecule has 0 spiro atoms. The maximum atomic E-state index is 6.73. The highest BCUT2D eigenvalue weighted by molar-refractivity contribution is 6.39. The highest BCUT2D eigenvalue weighted by Crippen LogP contribution is 2.47. The molecule has 0 aliphatic heterocycles. The van der Waals surface area contributed by atoms with Crippen molar-refractivity contribution in [2.24, 2.45) is 0 Å². The van der Waals surface area contributed by atoms with Gasteiger partial charge in [0.25, 0.3) is 0 Å². The number of furan rings is 1. The van der Waals surface area contributed by atoms with Gasteiger partial charge in [-0.25, -0.2) is 0 Å². The molecule has 0 fully saturated rings. The highest BCUT2D eigenvalue weighted by Gasteiger charge is 2.21. The fourth-order valence-corrected chi connectivity index (χ4v) is 6.98. The number of benzene rings is 8. The molecule has 0 unspecified atom stereocenters. The van der Waals surface area contributed by atoms with Gasteiger partial charge in [-0.1, -0.05) is 97.1 Å². The number of hydrogen-bond acceptors (Lipinski definition) is 2. The fraction of sp³-hybridized carbons (Fsp3) is 0.0769. The maximum Gasteiger partial charge on any atom is 0.139 e. The van der Waals surface area contributed by atoms with Crippen LogP contribution in [0.5, 0.6) is 5.75 Å². The van der Waals surface area contributed by atoms with Crippen LogP contribution in [0.4, 0.5) is 0 Å². The first-order valence-corrected chi connectivity index (χ1v) is 14.3. The minimum Gasteiger partial charge on any atom is -0.490 e. The molecule has 9 aromatic rings. The fourth-order valence-electron chi connectivity index (χ4n) is 6.98. The highest BCUT2D eigenvalue weighted by atomic mass is 16.5. The summed E-state index contributed by atoms with van der Waals surface area (Å²) < 4.78 is 13.2. The lowest BCUT2D eigenvalue weighted by Gasteiger charge is -2.16. The SMILES string of the molecule is CC(C)Oc1cc2oc3ccc4ccc5ccc6ccccc6c5c4c3c2c2c1ccc1ccc3ccccc3c12. The van der Waals surface area contributed by atoms with E-state index in [1.165, 1.54) is 64.6 Å². The smallest absolute Gasteiger partial charge is 0.139 e. The zero-order chi connectivity index (χ0) is 27.2. The summed E-state index contributed by atoms with van der Waals surface area (Å²) in [6.45, 7) is 4.16. The average Bonchev–Trinajstić information content (AvgIpc) is 3.38. The molecule has 194 valence electrons. The van der Waals surface area contributed by atoms with Crippen molar-refractivity contribution in [2.45, 2.75) is 20.0 Å². The molecule has 0 N–H and O–H groups in total. The zero-order valence-electron chi connectivity index (χ0n) is 22.9. The molecular weight excluding hydrogens is 500 g/mol. The standard InChI is InChI=1S/C39H26O2/c1-22(2)40-32-21-33-39(37-30(32)19-17-26-14-12-24-8-4-6-10-29(24)35(26)37)38-31(41-33)20-18-27-16-15-25-13-11-23-7-3-5-9-28(23)34(25)36(27)38/h3-22H,1-2H3. The van der Waals surface area contributed by atoms with Crippen molar-refractivity contribution in [3.05, 3.63) is 115 Å². The second-order valence-electron chi connectivity index (χ2n) is 11.4. The Morgan fingerprint density at radius 2 is 0.951 bits per heavy atom. The molecule has 0 atom stereocenters. The van der Waals surface area contributed by atoms with E-state index in [4.69, 9.17) is 9.15 Å². The summed E-state index contributed by atoms with van der Waals surface area (Å²) in [6.07, 6.45) is 0.0411. The van der Waals surface area contributed by atoms with Crippen LogP contribution in [0.1, 0.15) is 13.8 Å². The summed E-state index contributed by atoms with van der Waals surface area (Å²) in [7, 11) is 0. The Morgan fingerprint density at radius 1 is 0.439 bits per heavy atom. The molecule has 0 amide bonds. The Balaban J connectivity index is 1.63. The van der Waals surface area contributed by atoms with Crippen LogP contribution in [0, 0.1) is 0 Å². The summed E-state index contributed by atoms with van der Waals surface area (Å²) >= 11 is 0. The predicted molar refractivity (Wildman–Crippen MR) is 175 cm³/mol. The second-order valence-corrected chi connectivity index (χ2v) is 11.4. The minimum absolute atomic E-state index is 0.0411. The van der Waals surface area contributed by atoms with Gasteiger partial charge in [0.05, 0.1) is 6.10 Å². The number of hydrogen-bond donors (Lipinski definition) is 0. The second kappa shape index (κ2) is 8.22. The molecule has 41 heavy (non-hydrogen) atoms. The molecule has 1 heterocycles. The molecular formula is C39H26O2. The lowest BCUT2D eigenvalue weighted by molar-refractivity contribution is 0.245. The van der Waals surface area contributed by atoms with E-state index in [1.54, 1.807) is 0 Å². The lowest BCUT2D eigenvalue weighted by Crippen LogP contribution is -2.05. The molecule has 2 nitrogen and oxygen atoms in total. The first-order chi connectivity index (χ1) is 20.2. The zero-order valence-corrected chi connectivity index (χ0v) is 22.9. The van der Waals surface area contributed by atoms with Crippen molar-refractivity contribution in [1.29, 1.82) is 0 Å². The summed E-state index contributed by atoms with van der Waals surface area (Å²) in [5.74, 6) is 0.857. The Bertz CT molecular complexity index is 2530. The Labute approximate surface area is 236 Å². The monoisotopic (exact) mass is 526 g/mol. The van der Waals surface area contributed by atoms with Crippen molar-refractivity contribution in [1.82, 2.24) is 0 Å². The Morgan fingerprint density at radius 3 is 1.61 bits per heavy atom. The molecule has 0 saturated heterocycles. The van der Waals surface area contributed by atoms with Gasteiger partial charge in [0, 0.05) is 33.0 Å². The van der Waals surface area contributed by atoms with Gasteiger partial charge in [-0.15, -0.1) is 0 Å². The first kappa shape index (κ1) is 22.7. The minimum atomic E-state index is 0.0411. The van der Waals surface area contributed by atoms with Crippen molar-refractivity contribution in [2.75, 3.05) is 0 Å². The van der Waals surface area contributed by atoms with Crippen molar-refractivity contribution in [3.8, 4) is 5.75 Å². The van der Waals surface area contributed by atoms with E-state index in [-0.39, 0.29) is 6.10 Å². The van der Waals surface area contributed by atoms with Crippen LogP contribution in [0.15, 0.2) is 120 Å². The maximum absolute atomic E-state index is 6.73. The molecule has 2 heteroatoms. The van der Waals surface area contributed by atoms with Gasteiger partial charge in [-0.3, -0.25) is 0 Å². The summed E-state index contributed by atoms with van der Waals surface area (Å²) in [5.41, 5.74) is 1.75. The first-order valence-electron chi connectivity index (χ1n) is 14.3. The molecule has 9 rings (SSSR count). The molecule has 0 aliphatic rings.